The van der Waals surface area contributed by atoms with Crippen LogP contribution in [-0.2, 0) is 29.9 Å². The van der Waals surface area contributed by atoms with E-state index in [2.05, 4.69) is 4.72 Å². The highest BCUT2D eigenvalue weighted by atomic mass is 32.2. The van der Waals surface area contributed by atoms with Crippen LogP contribution in [0, 0.1) is 10.1 Å². The van der Waals surface area contributed by atoms with Crippen LogP contribution in [0.15, 0.2) is 24.3 Å². The van der Waals surface area contributed by atoms with Crippen molar-refractivity contribution in [3.05, 3.63) is 39.9 Å². The molecule has 0 radical (unpaired) electrons. The van der Waals surface area contributed by atoms with Crippen molar-refractivity contribution in [3.63, 3.8) is 0 Å². The van der Waals surface area contributed by atoms with Crippen LogP contribution in [-0.4, -0.2) is 27.1 Å². The van der Waals surface area contributed by atoms with Gasteiger partial charge in [0, 0.05) is 12.1 Å². The van der Waals surface area contributed by atoms with Crippen molar-refractivity contribution in [2.75, 3.05) is 13.2 Å². The highest BCUT2D eigenvalue weighted by Crippen LogP contribution is 2.63. The molecule has 148 valence electrons. The van der Waals surface area contributed by atoms with Crippen molar-refractivity contribution in [3.8, 4) is 0 Å². The molecular weight excluding hydrogens is 379 g/mol. The minimum Gasteiger partial charge on any atom is -0.307 e. The van der Waals surface area contributed by atoms with E-state index in [1.54, 1.807) is 41.5 Å². The van der Waals surface area contributed by atoms with Gasteiger partial charge >= 0.3 is 7.60 Å². The molecule has 0 saturated heterocycles. The molecule has 0 saturated carbocycles. The summed E-state index contributed by atoms with van der Waals surface area (Å²) in [5.74, 6) is 0. The van der Waals surface area contributed by atoms with Gasteiger partial charge in [0.05, 0.1) is 33.9 Å². The molecule has 8 nitrogen and oxygen atoms in total. The summed E-state index contributed by atoms with van der Waals surface area (Å²) in [6.07, 6.45) is 0. The van der Waals surface area contributed by atoms with Gasteiger partial charge in [-0.1, -0.05) is 0 Å². The Bertz CT molecular complexity index is 694. The van der Waals surface area contributed by atoms with E-state index >= 15 is 0 Å². The fourth-order valence-electron chi connectivity index (χ4n) is 2.15. The monoisotopic (exact) mass is 406 g/mol. The van der Waals surface area contributed by atoms with Crippen LogP contribution in [0.3, 0.4) is 0 Å². The van der Waals surface area contributed by atoms with Crippen LogP contribution in [0.1, 0.15) is 47.1 Å². The maximum atomic E-state index is 13.5. The molecule has 2 atom stereocenters. The van der Waals surface area contributed by atoms with Gasteiger partial charge < -0.3 is 9.05 Å². The highest BCUT2D eigenvalue weighted by molar-refractivity contribution is 7.84. The number of hydrogen-bond acceptors (Lipinski definition) is 6. The van der Waals surface area contributed by atoms with E-state index < -0.39 is 33.5 Å². The van der Waals surface area contributed by atoms with Crippen LogP contribution < -0.4 is 4.72 Å². The van der Waals surface area contributed by atoms with Crippen LogP contribution >= 0.6 is 7.60 Å². The maximum absolute atomic E-state index is 13.5. The second-order valence-corrected chi connectivity index (χ2v) is 11.1. The largest absolute Gasteiger partial charge is 0.355 e. The molecule has 1 aromatic rings. The van der Waals surface area contributed by atoms with Gasteiger partial charge in [0.1, 0.15) is 0 Å². The SMILES string of the molecule is CCOP(=O)(OCC)[C@@](C)(NS(=O)C(C)(C)C)c1ccc([N+](=O)[O-])cc1. The standard InChI is InChI=1S/C16H27N2O6PS/c1-7-23-25(21,24-8-2)16(6,17-26(22)15(3,4)5)13-9-11-14(12-10-13)18(19)20/h9-12,17H,7-8H2,1-6H3/t16-,26?/m1/s1. The number of benzene rings is 1. The van der Waals surface area contributed by atoms with Gasteiger partial charge in [-0.2, -0.15) is 0 Å². The zero-order valence-electron chi connectivity index (χ0n) is 16.0. The van der Waals surface area contributed by atoms with E-state index in [4.69, 9.17) is 9.05 Å². The summed E-state index contributed by atoms with van der Waals surface area (Å²) in [5, 5.41) is 9.46. The van der Waals surface area contributed by atoms with Crippen LogP contribution in [0.2, 0.25) is 0 Å². The van der Waals surface area contributed by atoms with Crippen molar-refractivity contribution < 1.29 is 22.7 Å². The molecule has 0 aliphatic heterocycles. The topological polar surface area (TPSA) is 108 Å². The average Bonchev–Trinajstić information content (AvgIpc) is 2.54. The van der Waals surface area contributed by atoms with Gasteiger partial charge in [0.25, 0.3) is 5.69 Å². The van der Waals surface area contributed by atoms with E-state index in [-0.39, 0.29) is 18.9 Å². The van der Waals surface area contributed by atoms with Crippen molar-refractivity contribution in [2.45, 2.75) is 51.6 Å². The molecule has 0 spiro atoms. The number of non-ortho nitro benzene ring substituents is 1. The molecule has 0 aromatic heterocycles. The van der Waals surface area contributed by atoms with Gasteiger partial charge in [0.15, 0.2) is 5.28 Å². The molecule has 0 fully saturated rings. The molecule has 0 aliphatic rings. The fraction of sp³-hybridized carbons (Fsp3) is 0.625. The van der Waals surface area contributed by atoms with Crippen molar-refractivity contribution in [1.82, 2.24) is 4.72 Å². The molecule has 0 bridgehead atoms. The minimum absolute atomic E-state index is 0.101. The Morgan fingerprint density at radius 1 is 1.12 bits per heavy atom. The first-order chi connectivity index (χ1) is 11.9. The molecule has 26 heavy (non-hydrogen) atoms. The third-order valence-corrected chi connectivity index (χ3v) is 8.15. The normalized spacial score (nSPS) is 16.1. The Hall–Kier alpha value is -1.12. The minimum atomic E-state index is -3.80. The van der Waals surface area contributed by atoms with E-state index in [9.17, 15) is 18.9 Å². The lowest BCUT2D eigenvalue weighted by Gasteiger charge is -2.38. The van der Waals surface area contributed by atoms with Crippen molar-refractivity contribution >= 4 is 24.3 Å². The van der Waals surface area contributed by atoms with Gasteiger partial charge in [-0.15, -0.1) is 0 Å². The molecular formula is C16H27N2O6PS. The summed E-state index contributed by atoms with van der Waals surface area (Å²) in [4.78, 5) is 10.4. The van der Waals surface area contributed by atoms with Crippen molar-refractivity contribution in [2.24, 2.45) is 0 Å². The van der Waals surface area contributed by atoms with Crippen LogP contribution in [0.4, 0.5) is 5.69 Å². The highest BCUT2D eigenvalue weighted by Gasteiger charge is 2.50. The summed E-state index contributed by atoms with van der Waals surface area (Å²) in [6, 6.07) is 5.54. The Morgan fingerprint density at radius 2 is 1.58 bits per heavy atom. The van der Waals surface area contributed by atoms with E-state index in [1.807, 2.05) is 0 Å². The molecule has 10 heteroatoms. The number of nitrogens with one attached hydrogen (secondary N) is 1. The van der Waals surface area contributed by atoms with E-state index in [1.165, 1.54) is 24.3 Å². The predicted octanol–water partition coefficient (Wildman–Crippen LogP) is 4.09. The molecule has 1 aromatic carbocycles. The lowest BCUT2D eigenvalue weighted by molar-refractivity contribution is -0.384. The van der Waals surface area contributed by atoms with E-state index in [0.717, 1.165) is 0 Å². The second kappa shape index (κ2) is 8.71. The van der Waals surface area contributed by atoms with Crippen LogP contribution in [0.25, 0.3) is 0 Å². The molecule has 0 heterocycles. The third-order valence-electron chi connectivity index (χ3n) is 3.63. The lowest BCUT2D eigenvalue weighted by atomic mass is 10.1. The number of hydrogen-bond donors (Lipinski definition) is 1. The van der Waals surface area contributed by atoms with Crippen molar-refractivity contribution in [1.29, 1.82) is 0 Å². The summed E-state index contributed by atoms with van der Waals surface area (Å²) >= 11 is 0. The predicted molar refractivity (Wildman–Crippen MR) is 102 cm³/mol. The average molecular weight is 406 g/mol. The van der Waals surface area contributed by atoms with Gasteiger partial charge in [-0.3, -0.25) is 14.7 Å². The summed E-state index contributed by atoms with van der Waals surface area (Å²) in [6.45, 7) is 10.5. The molecule has 0 aliphatic carbocycles. The quantitative estimate of drug-likeness (QED) is 0.376. The Morgan fingerprint density at radius 3 is 1.92 bits per heavy atom. The summed E-state index contributed by atoms with van der Waals surface area (Å²) in [7, 11) is -5.39. The molecule has 1 N–H and O–H groups in total. The van der Waals surface area contributed by atoms with E-state index in [0.29, 0.717) is 5.56 Å². The number of rotatable bonds is 9. The summed E-state index contributed by atoms with van der Waals surface area (Å²) < 4.78 is 39.5. The molecule has 1 rings (SSSR count). The first kappa shape index (κ1) is 22.9. The first-order valence-electron chi connectivity index (χ1n) is 8.25. The zero-order chi connectivity index (χ0) is 20.2. The first-order valence-corrected chi connectivity index (χ1v) is 10.9. The number of nitro groups is 1. The Labute approximate surface area is 156 Å². The Kier molecular flexibility index (Phi) is 7.68. The van der Waals surface area contributed by atoms with Crippen LogP contribution in [0.5, 0.6) is 0 Å². The fourth-order valence-corrected chi connectivity index (χ4v) is 5.37. The summed E-state index contributed by atoms with van der Waals surface area (Å²) in [5.41, 5.74) is 0.321. The van der Waals surface area contributed by atoms with Gasteiger partial charge in [0.2, 0.25) is 0 Å². The Balaban J connectivity index is 3.52. The molecule has 1 unspecified atom stereocenters. The molecule has 0 amide bonds. The number of nitrogens with zero attached hydrogens (tertiary/aromatic N) is 1. The lowest BCUT2D eigenvalue weighted by Crippen LogP contribution is -2.46. The maximum Gasteiger partial charge on any atom is 0.355 e. The third kappa shape index (κ3) is 4.98. The second-order valence-electron chi connectivity index (χ2n) is 6.69. The number of nitro benzene ring substituents is 1. The zero-order valence-corrected chi connectivity index (χ0v) is 17.7. The van der Waals surface area contributed by atoms with Gasteiger partial charge in [-0.25, -0.2) is 8.93 Å². The van der Waals surface area contributed by atoms with Gasteiger partial charge in [-0.05, 0) is 59.2 Å². The smallest absolute Gasteiger partial charge is 0.307 e.